The fourth-order valence-corrected chi connectivity index (χ4v) is 3.84. The molecule has 0 saturated heterocycles. The van der Waals surface area contributed by atoms with Crippen molar-refractivity contribution in [3.8, 4) is 5.75 Å². The van der Waals surface area contributed by atoms with Crippen molar-refractivity contribution in [2.45, 2.75) is 48.0 Å². The highest BCUT2D eigenvalue weighted by molar-refractivity contribution is 7.73. The van der Waals surface area contributed by atoms with Crippen molar-refractivity contribution in [1.82, 2.24) is 0 Å². The number of allylic oxidation sites excluding steroid dienone is 5. The third-order valence-electron chi connectivity index (χ3n) is 4.56. The van der Waals surface area contributed by atoms with Crippen LogP contribution < -0.4 is 4.74 Å². The lowest BCUT2D eigenvalue weighted by Crippen LogP contribution is -2.10. The van der Waals surface area contributed by atoms with E-state index in [1.807, 2.05) is 39.8 Å². The van der Waals surface area contributed by atoms with Crippen molar-refractivity contribution in [2.75, 3.05) is 13.7 Å². The topological polar surface area (TPSA) is 69.7 Å². The molecule has 29 heavy (non-hydrogen) atoms. The smallest absolute Gasteiger partial charge is 0.330 e. The van der Waals surface area contributed by atoms with Crippen LogP contribution in [0.25, 0.3) is 0 Å². The number of benzene rings is 1. The van der Waals surface area contributed by atoms with Crippen LogP contribution >= 0.6 is 0 Å². The third-order valence-corrected chi connectivity index (χ3v) is 5.31. The van der Waals surface area contributed by atoms with Gasteiger partial charge in [0, 0.05) is 12.5 Å². The lowest BCUT2D eigenvalue weighted by atomic mass is 9.92. The van der Waals surface area contributed by atoms with E-state index in [0.29, 0.717) is 17.9 Å². The second kappa shape index (κ2) is 11.4. The van der Waals surface area contributed by atoms with E-state index < -0.39 is 10.3 Å². The van der Waals surface area contributed by atoms with Gasteiger partial charge in [-0.15, -0.1) is 0 Å². The highest BCUT2D eigenvalue weighted by Gasteiger charge is 2.17. The van der Waals surface area contributed by atoms with Crippen LogP contribution in [0.4, 0.5) is 0 Å². The standard InChI is InChI=1S/C23H30O5S/c1-8-28-22(24)13-16(3)11-9-10-15(2)12-21(29(25)26)23-17(4)14-20(27-7)18(5)19(23)6/h9-11,13-14H,8,12H2,1-7H3. The SMILES string of the molecule is CCOC(=O)C=C(C)C=CC=C(C)CC(c1c(C)cc(OC)c(C)c1C)=S(=O)=O. The van der Waals surface area contributed by atoms with Crippen LogP contribution in [0.5, 0.6) is 5.75 Å². The maximum Gasteiger partial charge on any atom is 0.330 e. The van der Waals surface area contributed by atoms with Gasteiger partial charge in [-0.25, -0.2) is 4.79 Å². The van der Waals surface area contributed by atoms with E-state index in [2.05, 4.69) is 0 Å². The molecule has 1 rings (SSSR count). The first-order valence-corrected chi connectivity index (χ1v) is 10.5. The molecule has 0 aliphatic heterocycles. The van der Waals surface area contributed by atoms with E-state index in [-0.39, 0.29) is 5.97 Å². The Labute approximate surface area is 175 Å². The summed E-state index contributed by atoms with van der Waals surface area (Å²) in [5.41, 5.74) is 5.07. The Balaban J connectivity index is 3.16. The summed E-state index contributed by atoms with van der Waals surface area (Å²) in [5.74, 6) is 0.368. The van der Waals surface area contributed by atoms with Gasteiger partial charge in [0.1, 0.15) is 5.75 Å². The Morgan fingerprint density at radius 1 is 1.14 bits per heavy atom. The molecule has 0 saturated carbocycles. The maximum atomic E-state index is 12.0. The van der Waals surface area contributed by atoms with Crippen LogP contribution in [0.1, 0.15) is 49.4 Å². The number of esters is 1. The van der Waals surface area contributed by atoms with Crippen LogP contribution in [0.15, 0.2) is 41.5 Å². The zero-order valence-corrected chi connectivity index (χ0v) is 19.1. The molecule has 0 heterocycles. The molecule has 0 fully saturated rings. The van der Waals surface area contributed by atoms with Gasteiger partial charge in [-0.2, -0.15) is 8.42 Å². The number of carbonyl (C=O) groups excluding carboxylic acids is 1. The molecule has 6 heteroatoms. The minimum Gasteiger partial charge on any atom is -0.496 e. The third kappa shape index (κ3) is 7.06. The van der Waals surface area contributed by atoms with Gasteiger partial charge in [-0.3, -0.25) is 0 Å². The summed E-state index contributed by atoms with van der Waals surface area (Å²) in [5, 5.41) is 0. The number of ether oxygens (including phenoxy) is 2. The van der Waals surface area contributed by atoms with Crippen molar-refractivity contribution in [1.29, 1.82) is 0 Å². The van der Waals surface area contributed by atoms with Crippen LogP contribution in [-0.4, -0.2) is 33.0 Å². The molecule has 0 aliphatic carbocycles. The minimum absolute atomic E-state index is 0.300. The monoisotopic (exact) mass is 418 g/mol. The Kier molecular flexibility index (Phi) is 9.62. The van der Waals surface area contributed by atoms with Gasteiger partial charge in [-0.05, 0) is 75.4 Å². The van der Waals surface area contributed by atoms with E-state index in [1.54, 1.807) is 33.1 Å². The van der Waals surface area contributed by atoms with Gasteiger partial charge in [0.2, 0.25) is 10.3 Å². The molecule has 1 aromatic carbocycles. The minimum atomic E-state index is -2.35. The second-order valence-electron chi connectivity index (χ2n) is 6.87. The van der Waals surface area contributed by atoms with Crippen LogP contribution in [0.3, 0.4) is 0 Å². The highest BCUT2D eigenvalue weighted by Crippen LogP contribution is 2.29. The van der Waals surface area contributed by atoms with Gasteiger partial charge >= 0.3 is 5.97 Å². The molecule has 0 radical (unpaired) electrons. The molecule has 0 unspecified atom stereocenters. The Bertz CT molecular complexity index is 985. The number of methoxy groups -OCH3 is 1. The lowest BCUT2D eigenvalue weighted by Gasteiger charge is -2.16. The van der Waals surface area contributed by atoms with Crippen LogP contribution in [0.2, 0.25) is 0 Å². The van der Waals surface area contributed by atoms with Crippen molar-refractivity contribution in [3.63, 3.8) is 0 Å². The molecule has 1 aromatic rings. The molecule has 0 N–H and O–H groups in total. The molecule has 0 atom stereocenters. The largest absolute Gasteiger partial charge is 0.496 e. The maximum absolute atomic E-state index is 12.0. The average molecular weight is 419 g/mol. The van der Waals surface area contributed by atoms with E-state index in [4.69, 9.17) is 9.47 Å². The molecule has 0 aromatic heterocycles. The number of carbonyl (C=O) groups is 1. The Morgan fingerprint density at radius 2 is 1.79 bits per heavy atom. The molecule has 0 aliphatic rings. The molecule has 0 bridgehead atoms. The van der Waals surface area contributed by atoms with Gasteiger partial charge in [0.15, 0.2) is 0 Å². The van der Waals surface area contributed by atoms with Gasteiger partial charge in [0.05, 0.1) is 18.6 Å². The van der Waals surface area contributed by atoms with E-state index in [0.717, 1.165) is 39.1 Å². The normalized spacial score (nSPS) is 12.2. The van der Waals surface area contributed by atoms with Crippen LogP contribution in [-0.2, 0) is 19.8 Å². The molecule has 0 amide bonds. The number of hydrogen-bond donors (Lipinski definition) is 0. The highest BCUT2D eigenvalue weighted by atomic mass is 32.2. The van der Waals surface area contributed by atoms with Crippen molar-refractivity contribution in [3.05, 3.63) is 63.8 Å². The molecule has 5 nitrogen and oxygen atoms in total. The summed E-state index contributed by atoms with van der Waals surface area (Å²) >= 11 is 0. The van der Waals surface area contributed by atoms with Crippen molar-refractivity contribution >= 4 is 21.1 Å². The Morgan fingerprint density at radius 3 is 2.34 bits per heavy atom. The van der Waals surface area contributed by atoms with E-state index in [9.17, 15) is 13.2 Å². The first-order valence-electron chi connectivity index (χ1n) is 9.41. The van der Waals surface area contributed by atoms with Crippen LogP contribution in [0, 0.1) is 20.8 Å². The second-order valence-corrected chi connectivity index (χ2v) is 7.83. The summed E-state index contributed by atoms with van der Waals surface area (Å²) in [6, 6.07) is 1.87. The zero-order chi connectivity index (χ0) is 22.1. The molecular weight excluding hydrogens is 388 g/mol. The first-order chi connectivity index (χ1) is 13.6. The lowest BCUT2D eigenvalue weighted by molar-refractivity contribution is -0.137. The van der Waals surface area contributed by atoms with Gasteiger partial charge < -0.3 is 9.47 Å². The predicted molar refractivity (Wildman–Crippen MR) is 118 cm³/mol. The van der Waals surface area contributed by atoms with Gasteiger partial charge in [-0.1, -0.05) is 23.8 Å². The number of rotatable bonds is 8. The molecule has 158 valence electrons. The first kappa shape index (κ1) is 24.4. The zero-order valence-electron chi connectivity index (χ0n) is 18.3. The van der Waals surface area contributed by atoms with Crippen molar-refractivity contribution < 1.29 is 22.7 Å². The van der Waals surface area contributed by atoms with Crippen molar-refractivity contribution in [2.24, 2.45) is 0 Å². The average Bonchev–Trinajstić information content (AvgIpc) is 2.63. The number of aryl methyl sites for hydroxylation is 1. The summed E-state index contributed by atoms with van der Waals surface area (Å²) in [4.78, 5) is 11.8. The summed E-state index contributed by atoms with van der Waals surface area (Å²) < 4.78 is 34.2. The number of hydrogen-bond acceptors (Lipinski definition) is 5. The Hall–Kier alpha value is -2.60. The fraction of sp³-hybridized carbons (Fsp3) is 0.391. The quantitative estimate of drug-likeness (QED) is 0.205. The van der Waals surface area contributed by atoms with E-state index in [1.165, 1.54) is 6.08 Å². The molecular formula is C23H30O5S. The fourth-order valence-electron chi connectivity index (χ4n) is 3.01. The summed E-state index contributed by atoms with van der Waals surface area (Å²) in [7, 11) is -0.742. The summed E-state index contributed by atoms with van der Waals surface area (Å²) in [6.45, 7) is 11.5. The van der Waals surface area contributed by atoms with E-state index >= 15 is 0 Å². The summed E-state index contributed by atoms with van der Waals surface area (Å²) in [6.07, 6.45) is 7.14. The predicted octanol–water partition coefficient (Wildman–Crippen LogP) is 4.42. The van der Waals surface area contributed by atoms with Gasteiger partial charge in [0.25, 0.3) is 0 Å². The molecule has 0 spiro atoms.